The topological polar surface area (TPSA) is 40.5 Å². The second kappa shape index (κ2) is 5.95. The van der Waals surface area contributed by atoms with Crippen LogP contribution in [0, 0.1) is 5.92 Å². The number of hydrogen-bond acceptors (Lipinski definition) is 2. The number of carboxylic acid groups (broad SMARTS) is 1. The summed E-state index contributed by atoms with van der Waals surface area (Å²) in [5.74, 6) is -1.76. The average molecular weight is 275 g/mol. The first kappa shape index (κ1) is 15.3. The van der Waals surface area contributed by atoms with E-state index in [1.165, 1.54) is 30.0 Å². The molecule has 1 aromatic carbocycles. The van der Waals surface area contributed by atoms with Gasteiger partial charge in [0.15, 0.2) is 0 Å². The highest BCUT2D eigenvalue weighted by atomic mass is 19.4. The lowest BCUT2D eigenvalue weighted by Crippen LogP contribution is -2.33. The largest absolute Gasteiger partial charge is 0.481 e. The number of carboxylic acids is 1. The minimum Gasteiger partial charge on any atom is -0.481 e. The highest BCUT2D eigenvalue weighted by Gasteiger charge is 2.34. The Morgan fingerprint density at radius 2 is 1.95 bits per heavy atom. The number of hydrogen-bond donors (Lipinski definition) is 1. The number of benzene rings is 1. The lowest BCUT2D eigenvalue weighted by atomic mass is 10.1. The van der Waals surface area contributed by atoms with Gasteiger partial charge in [0.25, 0.3) is 0 Å². The summed E-state index contributed by atoms with van der Waals surface area (Å²) in [6, 6.07) is 5.20. The van der Waals surface area contributed by atoms with Gasteiger partial charge in [0, 0.05) is 18.8 Å². The molecule has 1 aromatic rings. The third-order valence-electron chi connectivity index (χ3n) is 2.85. The fourth-order valence-corrected chi connectivity index (χ4v) is 1.80. The quantitative estimate of drug-likeness (QED) is 0.896. The predicted octanol–water partition coefficient (Wildman–Crippen LogP) is 3.25. The van der Waals surface area contributed by atoms with Crippen LogP contribution >= 0.6 is 0 Å². The second-order valence-corrected chi connectivity index (χ2v) is 4.29. The van der Waals surface area contributed by atoms with Crippen LogP contribution in [0.25, 0.3) is 0 Å². The van der Waals surface area contributed by atoms with Crippen molar-refractivity contribution in [2.24, 2.45) is 5.92 Å². The standard InChI is InChI=1S/C13H16F3NO2/c1-3-17(8-9(2)12(18)19)11-7-5-4-6-10(11)13(14,15)16/h4-7,9H,3,8H2,1-2H3,(H,18,19). The molecular formula is C13H16F3NO2. The maximum Gasteiger partial charge on any atom is 0.418 e. The zero-order valence-corrected chi connectivity index (χ0v) is 10.7. The van der Waals surface area contributed by atoms with Gasteiger partial charge in [0.05, 0.1) is 11.5 Å². The molecule has 0 spiro atoms. The number of anilines is 1. The molecule has 0 radical (unpaired) electrons. The van der Waals surface area contributed by atoms with Crippen LogP contribution in [0.4, 0.5) is 18.9 Å². The van der Waals surface area contributed by atoms with Crippen molar-refractivity contribution in [2.45, 2.75) is 20.0 Å². The number of alkyl halides is 3. The van der Waals surface area contributed by atoms with Gasteiger partial charge in [-0.2, -0.15) is 13.2 Å². The molecule has 1 N–H and O–H groups in total. The Morgan fingerprint density at radius 3 is 2.42 bits per heavy atom. The van der Waals surface area contributed by atoms with E-state index >= 15 is 0 Å². The van der Waals surface area contributed by atoms with E-state index in [0.29, 0.717) is 6.54 Å². The van der Waals surface area contributed by atoms with Crippen LogP contribution in [-0.4, -0.2) is 24.2 Å². The van der Waals surface area contributed by atoms with Crippen molar-refractivity contribution in [2.75, 3.05) is 18.0 Å². The molecule has 1 atom stereocenters. The van der Waals surface area contributed by atoms with Gasteiger partial charge < -0.3 is 10.0 Å². The molecule has 0 saturated heterocycles. The second-order valence-electron chi connectivity index (χ2n) is 4.29. The van der Waals surface area contributed by atoms with E-state index in [9.17, 15) is 18.0 Å². The third kappa shape index (κ3) is 3.87. The van der Waals surface area contributed by atoms with Crippen molar-refractivity contribution >= 4 is 11.7 Å². The molecule has 0 bridgehead atoms. The highest BCUT2D eigenvalue weighted by molar-refractivity contribution is 5.70. The summed E-state index contributed by atoms with van der Waals surface area (Å²) < 4.78 is 38.7. The summed E-state index contributed by atoms with van der Waals surface area (Å²) >= 11 is 0. The van der Waals surface area contributed by atoms with E-state index in [2.05, 4.69) is 0 Å². The molecule has 0 aliphatic rings. The Kier molecular flexibility index (Phi) is 4.80. The van der Waals surface area contributed by atoms with Crippen LogP contribution < -0.4 is 4.90 Å². The zero-order chi connectivity index (χ0) is 14.6. The third-order valence-corrected chi connectivity index (χ3v) is 2.85. The lowest BCUT2D eigenvalue weighted by Gasteiger charge is -2.27. The maximum atomic E-state index is 12.9. The van der Waals surface area contributed by atoms with Crippen molar-refractivity contribution in [1.29, 1.82) is 0 Å². The van der Waals surface area contributed by atoms with E-state index in [1.54, 1.807) is 6.92 Å². The fourth-order valence-electron chi connectivity index (χ4n) is 1.80. The molecule has 0 aromatic heterocycles. The van der Waals surface area contributed by atoms with E-state index in [4.69, 9.17) is 5.11 Å². The Bertz CT molecular complexity index is 446. The van der Waals surface area contributed by atoms with Gasteiger partial charge in [0.2, 0.25) is 0 Å². The van der Waals surface area contributed by atoms with E-state index in [1.807, 2.05) is 0 Å². The maximum absolute atomic E-state index is 12.9. The SMILES string of the molecule is CCN(CC(C)C(=O)O)c1ccccc1C(F)(F)F. The number of para-hydroxylation sites is 1. The summed E-state index contributed by atoms with van der Waals surface area (Å²) in [5.41, 5.74) is -0.722. The molecule has 0 aliphatic carbocycles. The van der Waals surface area contributed by atoms with Gasteiger partial charge in [-0.25, -0.2) is 0 Å². The van der Waals surface area contributed by atoms with Gasteiger partial charge in [-0.05, 0) is 19.1 Å². The van der Waals surface area contributed by atoms with Crippen molar-refractivity contribution in [3.8, 4) is 0 Å². The number of nitrogens with zero attached hydrogens (tertiary/aromatic N) is 1. The Morgan fingerprint density at radius 1 is 1.37 bits per heavy atom. The van der Waals surface area contributed by atoms with Crippen molar-refractivity contribution in [3.05, 3.63) is 29.8 Å². The molecule has 0 fully saturated rings. The molecule has 0 aliphatic heterocycles. The molecule has 0 amide bonds. The van der Waals surface area contributed by atoms with Crippen LogP contribution in [0.5, 0.6) is 0 Å². The Balaban J connectivity index is 3.09. The van der Waals surface area contributed by atoms with Gasteiger partial charge in [-0.1, -0.05) is 19.1 Å². The molecule has 19 heavy (non-hydrogen) atoms. The van der Waals surface area contributed by atoms with Crippen LogP contribution in [0.1, 0.15) is 19.4 Å². The molecule has 0 saturated carbocycles. The molecule has 3 nitrogen and oxygen atoms in total. The fraction of sp³-hybridized carbons (Fsp3) is 0.462. The lowest BCUT2D eigenvalue weighted by molar-refractivity contribution is -0.140. The van der Waals surface area contributed by atoms with Gasteiger partial charge in [0.1, 0.15) is 0 Å². The number of aliphatic carboxylic acids is 1. The first-order valence-corrected chi connectivity index (χ1v) is 5.91. The van der Waals surface area contributed by atoms with Crippen LogP contribution in [0.3, 0.4) is 0 Å². The van der Waals surface area contributed by atoms with Crippen molar-refractivity contribution in [3.63, 3.8) is 0 Å². The monoisotopic (exact) mass is 275 g/mol. The molecule has 1 rings (SSSR count). The Hall–Kier alpha value is -1.72. The first-order valence-electron chi connectivity index (χ1n) is 5.91. The smallest absolute Gasteiger partial charge is 0.418 e. The minimum atomic E-state index is -4.45. The van der Waals surface area contributed by atoms with Crippen molar-refractivity contribution in [1.82, 2.24) is 0 Å². The number of rotatable bonds is 5. The van der Waals surface area contributed by atoms with Crippen LogP contribution in [0.15, 0.2) is 24.3 Å². The molecular weight excluding hydrogens is 259 g/mol. The summed E-state index contributed by atoms with van der Waals surface area (Å²) in [6.45, 7) is 3.52. The van der Waals surface area contributed by atoms with Crippen LogP contribution in [0.2, 0.25) is 0 Å². The summed E-state index contributed by atoms with van der Waals surface area (Å²) in [5, 5.41) is 8.85. The van der Waals surface area contributed by atoms with E-state index in [0.717, 1.165) is 6.07 Å². The van der Waals surface area contributed by atoms with Gasteiger partial charge in [-0.3, -0.25) is 4.79 Å². The van der Waals surface area contributed by atoms with E-state index in [-0.39, 0.29) is 12.2 Å². The van der Waals surface area contributed by atoms with E-state index < -0.39 is 23.6 Å². The number of halogens is 3. The van der Waals surface area contributed by atoms with Gasteiger partial charge in [-0.15, -0.1) is 0 Å². The Labute approximate surface area is 109 Å². The highest BCUT2D eigenvalue weighted by Crippen LogP contribution is 2.36. The first-order chi connectivity index (χ1) is 8.77. The molecule has 106 valence electrons. The zero-order valence-electron chi connectivity index (χ0n) is 10.7. The van der Waals surface area contributed by atoms with Crippen LogP contribution in [-0.2, 0) is 11.0 Å². The number of carbonyl (C=O) groups is 1. The average Bonchev–Trinajstić information content (AvgIpc) is 2.34. The predicted molar refractivity (Wildman–Crippen MR) is 66.1 cm³/mol. The van der Waals surface area contributed by atoms with Crippen molar-refractivity contribution < 1.29 is 23.1 Å². The normalized spacial score (nSPS) is 13.1. The minimum absolute atomic E-state index is 0.0191. The van der Waals surface area contributed by atoms with Gasteiger partial charge >= 0.3 is 12.1 Å². The summed E-state index contributed by atoms with van der Waals surface area (Å²) in [6.07, 6.45) is -4.45. The summed E-state index contributed by atoms with van der Waals surface area (Å²) in [7, 11) is 0. The molecule has 0 heterocycles. The molecule has 1 unspecified atom stereocenters. The summed E-state index contributed by atoms with van der Waals surface area (Å²) in [4.78, 5) is 12.2. The molecule has 6 heteroatoms.